The van der Waals surface area contributed by atoms with Gasteiger partial charge < -0.3 is 14.6 Å². The number of nitrogens with zero attached hydrogens (tertiary/aromatic N) is 6. The van der Waals surface area contributed by atoms with Crippen LogP contribution in [0, 0.1) is 13.8 Å². The van der Waals surface area contributed by atoms with E-state index in [0.717, 1.165) is 33.7 Å². The van der Waals surface area contributed by atoms with Crippen molar-refractivity contribution in [1.82, 2.24) is 14.8 Å². The van der Waals surface area contributed by atoms with Gasteiger partial charge in [-0.25, -0.2) is 9.67 Å². The molecule has 0 bridgehead atoms. The fourth-order valence-electron chi connectivity index (χ4n) is 4.52. The molecule has 1 saturated heterocycles. The Morgan fingerprint density at radius 2 is 1.69 bits per heavy atom. The van der Waals surface area contributed by atoms with Gasteiger partial charge in [0.15, 0.2) is 16.7 Å². The summed E-state index contributed by atoms with van der Waals surface area (Å²) >= 11 is 1.42. The number of rotatable bonds is 7. The Hall–Kier alpha value is -4.36. The number of methoxy groups -OCH3 is 1. The highest BCUT2D eigenvalue weighted by Gasteiger charge is 2.42. The second kappa shape index (κ2) is 11.5. The third-order valence-corrected chi connectivity index (χ3v) is 7.63. The van der Waals surface area contributed by atoms with E-state index in [0.29, 0.717) is 22.4 Å². The molecule has 1 aromatic heterocycles. The number of aliphatic hydroxyl groups is 1. The fraction of sp³-hybridized carbons (Fsp3) is 0.241. The zero-order chi connectivity index (χ0) is 30.1. The van der Waals surface area contributed by atoms with Crippen molar-refractivity contribution in [2.75, 3.05) is 17.8 Å². The van der Waals surface area contributed by atoms with Crippen molar-refractivity contribution < 1.29 is 27.8 Å². The number of ether oxygens (including phenoxy) is 2. The van der Waals surface area contributed by atoms with Gasteiger partial charge in [0.1, 0.15) is 17.8 Å². The van der Waals surface area contributed by atoms with Crippen LogP contribution in [0.25, 0.3) is 17.1 Å². The van der Waals surface area contributed by atoms with Crippen LogP contribution in [0.5, 0.6) is 11.5 Å². The van der Waals surface area contributed by atoms with Gasteiger partial charge in [0.05, 0.1) is 24.7 Å². The number of amidine groups is 1. The lowest BCUT2D eigenvalue weighted by Gasteiger charge is -2.33. The van der Waals surface area contributed by atoms with Gasteiger partial charge in [-0.2, -0.15) is 5.10 Å². The van der Waals surface area contributed by atoms with Gasteiger partial charge in [-0.15, -0.1) is 23.4 Å². The van der Waals surface area contributed by atoms with Crippen LogP contribution in [0.2, 0.25) is 0 Å². The van der Waals surface area contributed by atoms with Gasteiger partial charge in [0, 0.05) is 11.3 Å². The van der Waals surface area contributed by atoms with Crippen molar-refractivity contribution in [3.8, 4) is 28.6 Å². The second-order valence-electron chi connectivity index (χ2n) is 9.75. The van der Waals surface area contributed by atoms with Crippen LogP contribution in [-0.4, -0.2) is 56.2 Å². The first-order valence-corrected chi connectivity index (χ1v) is 13.7. The van der Waals surface area contributed by atoms with E-state index in [1.165, 1.54) is 47.0 Å². The summed E-state index contributed by atoms with van der Waals surface area (Å²) in [6.07, 6.45) is -1.66. The Bertz CT molecular complexity index is 1610. The van der Waals surface area contributed by atoms with Crippen LogP contribution < -0.4 is 14.4 Å². The highest BCUT2D eigenvalue weighted by Crippen LogP contribution is 2.40. The van der Waals surface area contributed by atoms with Crippen LogP contribution >= 0.6 is 11.8 Å². The largest absolute Gasteiger partial charge is 0.573 e. The van der Waals surface area contributed by atoms with Crippen LogP contribution in [0.15, 0.2) is 77.2 Å². The van der Waals surface area contributed by atoms with Gasteiger partial charge in [-0.05, 0) is 73.9 Å². The van der Waals surface area contributed by atoms with E-state index in [1.54, 1.807) is 25.1 Å². The second-order valence-corrected chi connectivity index (χ2v) is 10.7. The van der Waals surface area contributed by atoms with E-state index >= 15 is 0 Å². The SMILES string of the molecule is COc1cc(C)c(N2/C(=N/N=C/c3ccc(-c4ncn(-c5ccc(OC(F)(F)F)cc5)n4)cc3)SCC2(C)O)c(C)c1. The molecular weight excluding hydrogens is 569 g/mol. The molecule has 0 aliphatic carbocycles. The molecule has 0 radical (unpaired) electrons. The highest BCUT2D eigenvalue weighted by atomic mass is 32.2. The number of benzene rings is 3. The number of thioether (sulfide) groups is 1. The van der Waals surface area contributed by atoms with E-state index in [2.05, 4.69) is 25.0 Å². The summed E-state index contributed by atoms with van der Waals surface area (Å²) in [6.45, 7) is 5.68. The van der Waals surface area contributed by atoms with Gasteiger partial charge in [-0.3, -0.25) is 4.90 Å². The minimum absolute atomic E-state index is 0.315. The summed E-state index contributed by atoms with van der Waals surface area (Å²) in [5, 5.41) is 24.8. The molecule has 3 aromatic carbocycles. The average Bonchev–Trinajstić information content (AvgIpc) is 3.53. The Kier molecular flexibility index (Phi) is 7.97. The van der Waals surface area contributed by atoms with Gasteiger partial charge in [-0.1, -0.05) is 36.0 Å². The first-order valence-electron chi connectivity index (χ1n) is 12.7. The lowest BCUT2D eigenvalue weighted by atomic mass is 10.1. The topological polar surface area (TPSA) is 97.4 Å². The lowest BCUT2D eigenvalue weighted by molar-refractivity contribution is -0.274. The molecule has 218 valence electrons. The Morgan fingerprint density at radius 3 is 2.31 bits per heavy atom. The Balaban J connectivity index is 1.30. The molecule has 42 heavy (non-hydrogen) atoms. The number of aromatic nitrogens is 3. The number of anilines is 1. The number of aryl methyl sites for hydroxylation is 2. The molecule has 0 spiro atoms. The Morgan fingerprint density at radius 1 is 1.02 bits per heavy atom. The monoisotopic (exact) mass is 596 g/mol. The van der Waals surface area contributed by atoms with Crippen molar-refractivity contribution in [2.45, 2.75) is 32.9 Å². The minimum Gasteiger partial charge on any atom is -0.497 e. The summed E-state index contributed by atoms with van der Waals surface area (Å²) < 4.78 is 47.9. The van der Waals surface area contributed by atoms with Crippen LogP contribution in [-0.2, 0) is 0 Å². The molecule has 5 rings (SSSR count). The molecule has 1 atom stereocenters. The molecule has 4 aromatic rings. The molecule has 1 aliphatic heterocycles. The molecule has 1 N–H and O–H groups in total. The van der Waals surface area contributed by atoms with Crippen molar-refractivity contribution in [3.05, 3.63) is 83.7 Å². The maximum Gasteiger partial charge on any atom is 0.573 e. The molecule has 9 nitrogen and oxygen atoms in total. The van der Waals surface area contributed by atoms with E-state index in [9.17, 15) is 18.3 Å². The molecule has 1 unspecified atom stereocenters. The van der Waals surface area contributed by atoms with E-state index < -0.39 is 12.1 Å². The summed E-state index contributed by atoms with van der Waals surface area (Å²) in [5.74, 6) is 1.31. The minimum atomic E-state index is -4.75. The maximum absolute atomic E-state index is 12.4. The molecule has 1 fully saturated rings. The number of hydrogen-bond donors (Lipinski definition) is 1. The number of hydrogen-bond acceptors (Lipinski definition) is 8. The standard InChI is InChI=1S/C29H27F3N6O3S/c1-18-13-24(40-4)14-19(2)25(18)38-27(42-16-28(38,3)39)35-34-15-20-5-7-21(8-6-20)26-33-17-37(36-26)22-9-11-23(12-10-22)41-29(30,31)32/h5-15,17,39H,16H2,1-4H3/b34-15+,35-27-. The molecule has 13 heteroatoms. The first-order chi connectivity index (χ1) is 19.9. The van der Waals surface area contributed by atoms with E-state index in [4.69, 9.17) is 4.74 Å². The summed E-state index contributed by atoms with van der Waals surface area (Å²) in [4.78, 5) is 6.12. The molecule has 0 saturated carbocycles. The van der Waals surface area contributed by atoms with Gasteiger partial charge in [0.2, 0.25) is 0 Å². The van der Waals surface area contributed by atoms with E-state index in [1.807, 2.05) is 50.2 Å². The molecule has 2 heterocycles. The number of alkyl halides is 3. The molecule has 0 amide bonds. The fourth-order valence-corrected chi connectivity index (χ4v) is 5.57. The zero-order valence-electron chi connectivity index (χ0n) is 23.1. The normalized spacial score (nSPS) is 18.3. The van der Waals surface area contributed by atoms with Crippen LogP contribution in [0.4, 0.5) is 18.9 Å². The predicted octanol–water partition coefficient (Wildman–Crippen LogP) is 6.11. The summed E-state index contributed by atoms with van der Waals surface area (Å²) in [5.41, 5.74) is 3.69. The molecule has 1 aliphatic rings. The first kappa shape index (κ1) is 29.1. The van der Waals surface area contributed by atoms with Crippen molar-refractivity contribution in [3.63, 3.8) is 0 Å². The smallest absolute Gasteiger partial charge is 0.497 e. The van der Waals surface area contributed by atoms with Gasteiger partial charge in [0.25, 0.3) is 0 Å². The predicted molar refractivity (Wildman–Crippen MR) is 157 cm³/mol. The average molecular weight is 597 g/mol. The van der Waals surface area contributed by atoms with E-state index in [-0.39, 0.29) is 5.75 Å². The van der Waals surface area contributed by atoms with Crippen LogP contribution in [0.1, 0.15) is 23.6 Å². The number of halogens is 3. The lowest BCUT2D eigenvalue weighted by Crippen LogP contribution is -2.45. The third-order valence-electron chi connectivity index (χ3n) is 6.42. The van der Waals surface area contributed by atoms with Crippen LogP contribution in [0.3, 0.4) is 0 Å². The highest BCUT2D eigenvalue weighted by molar-refractivity contribution is 8.14. The summed E-state index contributed by atoms with van der Waals surface area (Å²) in [7, 11) is 1.62. The van der Waals surface area contributed by atoms with Crippen molar-refractivity contribution in [1.29, 1.82) is 0 Å². The molecular formula is C29H27F3N6O3S. The third kappa shape index (κ3) is 6.42. The maximum atomic E-state index is 12.4. The quantitative estimate of drug-likeness (QED) is 0.203. The Labute approximate surface area is 244 Å². The zero-order valence-corrected chi connectivity index (χ0v) is 23.9. The van der Waals surface area contributed by atoms with Crippen molar-refractivity contribution in [2.24, 2.45) is 10.2 Å². The summed E-state index contributed by atoms with van der Waals surface area (Å²) in [6, 6.07) is 16.5. The van der Waals surface area contributed by atoms with Crippen molar-refractivity contribution >= 4 is 28.8 Å². The van der Waals surface area contributed by atoms with Gasteiger partial charge >= 0.3 is 6.36 Å².